The average Bonchev–Trinajstić information content (AvgIpc) is 3.28. The molecule has 0 aliphatic carbocycles. The summed E-state index contributed by atoms with van der Waals surface area (Å²) in [6, 6.07) is 9.62. The number of hydrogen-bond acceptors (Lipinski definition) is 4. The quantitative estimate of drug-likeness (QED) is 0.673. The summed E-state index contributed by atoms with van der Waals surface area (Å²) in [7, 11) is 1.51. The van der Waals surface area contributed by atoms with Crippen LogP contribution in [0.4, 0.5) is 10.2 Å². The Hall–Kier alpha value is -3.42. The number of aromatic nitrogens is 2. The van der Waals surface area contributed by atoms with Gasteiger partial charge in [-0.2, -0.15) is 5.10 Å². The number of hydrogen-bond donors (Lipinski definition) is 3. The second-order valence-corrected chi connectivity index (χ2v) is 5.93. The fourth-order valence-electron chi connectivity index (χ4n) is 3.14. The minimum atomic E-state index is -0.495. The fraction of sp³-hybridized carbons (Fsp3) is 0.167. The van der Waals surface area contributed by atoms with Crippen molar-refractivity contribution in [2.24, 2.45) is 0 Å². The Morgan fingerprint density at radius 3 is 2.88 bits per heavy atom. The van der Waals surface area contributed by atoms with Crippen molar-refractivity contribution in [1.82, 2.24) is 15.5 Å². The molecule has 3 heterocycles. The van der Waals surface area contributed by atoms with Crippen molar-refractivity contribution in [2.75, 3.05) is 12.4 Å². The smallest absolute Gasteiger partial charge is 0.269 e. The van der Waals surface area contributed by atoms with Crippen LogP contribution in [0.3, 0.4) is 0 Å². The highest BCUT2D eigenvalue weighted by molar-refractivity contribution is 6.00. The lowest BCUT2D eigenvalue weighted by atomic mass is 9.89. The van der Waals surface area contributed by atoms with Gasteiger partial charge >= 0.3 is 0 Å². The lowest BCUT2D eigenvalue weighted by Crippen LogP contribution is -2.26. The van der Waals surface area contributed by atoms with Crippen LogP contribution in [0.25, 0.3) is 11.3 Å². The van der Waals surface area contributed by atoms with Crippen LogP contribution >= 0.6 is 0 Å². The molecule has 132 valence electrons. The van der Waals surface area contributed by atoms with Crippen molar-refractivity contribution in [3.05, 3.63) is 59.2 Å². The Labute approximate surface area is 147 Å². The highest BCUT2D eigenvalue weighted by atomic mass is 19.1. The first-order chi connectivity index (χ1) is 12.6. The lowest BCUT2D eigenvalue weighted by molar-refractivity contribution is -0.116. The molecular weight excluding hydrogens is 339 g/mol. The maximum absolute atomic E-state index is 14.0. The van der Waals surface area contributed by atoms with E-state index < -0.39 is 11.7 Å². The number of carbonyl (C=O) groups excluding carboxylic acids is 2. The van der Waals surface area contributed by atoms with Gasteiger partial charge in [-0.25, -0.2) is 4.39 Å². The minimum Gasteiger partial charge on any atom is -0.460 e. The zero-order valence-corrected chi connectivity index (χ0v) is 13.8. The SMILES string of the molecule is CNC(=O)c1[nH]nc2c1C(c1ccc(-c3ccccc3F)o1)CC(=O)N2. The van der Waals surface area contributed by atoms with Crippen molar-refractivity contribution in [1.29, 1.82) is 0 Å². The third kappa shape index (κ3) is 2.55. The molecule has 3 N–H and O–H groups in total. The summed E-state index contributed by atoms with van der Waals surface area (Å²) in [5.74, 6) is -0.354. The molecule has 0 saturated carbocycles. The van der Waals surface area contributed by atoms with E-state index in [9.17, 15) is 14.0 Å². The molecule has 0 bridgehead atoms. The van der Waals surface area contributed by atoms with E-state index in [-0.39, 0.29) is 23.9 Å². The molecule has 1 aliphatic rings. The first kappa shape index (κ1) is 16.1. The van der Waals surface area contributed by atoms with E-state index in [1.165, 1.54) is 13.1 Å². The molecule has 0 spiro atoms. The van der Waals surface area contributed by atoms with Gasteiger partial charge in [0.2, 0.25) is 5.91 Å². The summed E-state index contributed by atoms with van der Waals surface area (Å²) >= 11 is 0. The second kappa shape index (κ2) is 6.14. The average molecular weight is 354 g/mol. The number of benzene rings is 1. The highest BCUT2D eigenvalue weighted by Crippen LogP contribution is 2.40. The number of aromatic amines is 1. The molecule has 1 unspecified atom stereocenters. The number of carbonyl (C=O) groups is 2. The van der Waals surface area contributed by atoms with Crippen LogP contribution in [0.2, 0.25) is 0 Å². The van der Waals surface area contributed by atoms with Gasteiger partial charge in [0.05, 0.1) is 11.5 Å². The van der Waals surface area contributed by atoms with Crippen LogP contribution in [0.5, 0.6) is 0 Å². The number of halogens is 1. The van der Waals surface area contributed by atoms with Crippen LogP contribution in [0, 0.1) is 5.82 Å². The molecule has 1 aromatic carbocycles. The molecule has 2 aromatic heterocycles. The summed E-state index contributed by atoms with van der Waals surface area (Å²) in [6.07, 6.45) is 0.0980. The van der Waals surface area contributed by atoms with Crippen molar-refractivity contribution >= 4 is 17.6 Å². The first-order valence-corrected chi connectivity index (χ1v) is 8.03. The molecule has 4 rings (SSSR count). The van der Waals surface area contributed by atoms with Gasteiger partial charge in [-0.15, -0.1) is 0 Å². The van der Waals surface area contributed by atoms with E-state index in [1.807, 2.05) is 0 Å². The molecule has 0 fully saturated rings. The molecular formula is C18H15FN4O3. The fourth-order valence-corrected chi connectivity index (χ4v) is 3.14. The third-order valence-corrected chi connectivity index (χ3v) is 4.36. The predicted molar refractivity (Wildman–Crippen MR) is 91.2 cm³/mol. The standard InChI is InChI=1S/C18H15FN4O3/c1-20-18(25)16-15-10(8-14(24)21-17(15)23-22-16)13-7-6-12(26-13)9-4-2-3-5-11(9)19/h2-7,10H,8H2,1H3,(H,20,25)(H2,21,22,23,24). The number of nitrogens with zero attached hydrogens (tertiary/aromatic N) is 1. The molecule has 0 radical (unpaired) electrons. The molecule has 0 saturated heterocycles. The number of fused-ring (bicyclic) bond motifs is 1. The van der Waals surface area contributed by atoms with Gasteiger partial charge in [-0.3, -0.25) is 14.7 Å². The largest absolute Gasteiger partial charge is 0.460 e. The maximum Gasteiger partial charge on any atom is 0.269 e. The topological polar surface area (TPSA) is 100 Å². The van der Waals surface area contributed by atoms with Gasteiger partial charge in [0, 0.05) is 19.0 Å². The van der Waals surface area contributed by atoms with Crippen molar-refractivity contribution < 1.29 is 18.4 Å². The molecule has 8 heteroatoms. The zero-order valence-electron chi connectivity index (χ0n) is 13.8. The third-order valence-electron chi connectivity index (χ3n) is 4.36. The van der Waals surface area contributed by atoms with E-state index in [0.29, 0.717) is 28.5 Å². The number of amides is 2. The number of nitrogens with one attached hydrogen (secondary N) is 3. The monoisotopic (exact) mass is 354 g/mol. The summed E-state index contributed by atoms with van der Waals surface area (Å²) < 4.78 is 19.8. The van der Waals surface area contributed by atoms with E-state index in [0.717, 1.165) is 0 Å². The maximum atomic E-state index is 14.0. The van der Waals surface area contributed by atoms with Crippen LogP contribution in [0.1, 0.15) is 34.2 Å². The summed E-state index contributed by atoms with van der Waals surface area (Å²) in [4.78, 5) is 24.1. The number of H-pyrrole nitrogens is 1. The van der Waals surface area contributed by atoms with Crippen LogP contribution in [-0.4, -0.2) is 29.1 Å². The summed E-state index contributed by atoms with van der Waals surface area (Å²) in [5.41, 5.74) is 1.15. The zero-order chi connectivity index (χ0) is 18.3. The Kier molecular flexibility index (Phi) is 3.80. The van der Waals surface area contributed by atoms with Crippen LogP contribution in [-0.2, 0) is 4.79 Å². The molecule has 26 heavy (non-hydrogen) atoms. The molecule has 2 amide bonds. The van der Waals surface area contributed by atoms with Crippen LogP contribution in [0.15, 0.2) is 40.8 Å². The van der Waals surface area contributed by atoms with Gasteiger partial charge < -0.3 is 15.1 Å². The molecule has 3 aromatic rings. The second-order valence-electron chi connectivity index (χ2n) is 5.93. The normalized spacial score (nSPS) is 16.1. The minimum absolute atomic E-state index is 0.0980. The number of rotatable bonds is 3. The lowest BCUT2D eigenvalue weighted by Gasteiger charge is -2.21. The Balaban J connectivity index is 1.78. The Morgan fingerprint density at radius 1 is 1.31 bits per heavy atom. The van der Waals surface area contributed by atoms with Gasteiger partial charge in [-0.05, 0) is 24.3 Å². The van der Waals surface area contributed by atoms with Crippen molar-refractivity contribution in [2.45, 2.75) is 12.3 Å². The van der Waals surface area contributed by atoms with Crippen LogP contribution < -0.4 is 10.6 Å². The Bertz CT molecular complexity index is 1010. The highest BCUT2D eigenvalue weighted by Gasteiger charge is 2.35. The first-order valence-electron chi connectivity index (χ1n) is 8.03. The predicted octanol–water partition coefficient (Wildman–Crippen LogP) is 2.64. The number of anilines is 1. The molecule has 1 aliphatic heterocycles. The molecule has 1 atom stereocenters. The van der Waals surface area contributed by atoms with Crippen molar-refractivity contribution in [3.8, 4) is 11.3 Å². The van der Waals surface area contributed by atoms with E-state index in [4.69, 9.17) is 4.42 Å². The van der Waals surface area contributed by atoms with Gasteiger partial charge in [0.1, 0.15) is 23.0 Å². The van der Waals surface area contributed by atoms with Crippen molar-refractivity contribution in [3.63, 3.8) is 0 Å². The molecule has 7 nitrogen and oxygen atoms in total. The van der Waals surface area contributed by atoms with E-state index in [1.54, 1.807) is 30.3 Å². The van der Waals surface area contributed by atoms with Gasteiger partial charge in [0.25, 0.3) is 5.91 Å². The van der Waals surface area contributed by atoms with Gasteiger partial charge in [-0.1, -0.05) is 12.1 Å². The van der Waals surface area contributed by atoms with E-state index >= 15 is 0 Å². The Morgan fingerprint density at radius 2 is 2.12 bits per heavy atom. The number of furan rings is 1. The van der Waals surface area contributed by atoms with E-state index in [2.05, 4.69) is 20.8 Å². The van der Waals surface area contributed by atoms with Gasteiger partial charge in [0.15, 0.2) is 5.82 Å². The summed E-state index contributed by atoms with van der Waals surface area (Å²) in [6.45, 7) is 0. The summed E-state index contributed by atoms with van der Waals surface area (Å²) in [5, 5.41) is 11.8.